The fourth-order valence-corrected chi connectivity index (χ4v) is 2.07. The zero-order chi connectivity index (χ0) is 15.6. The fraction of sp³-hybridized carbons (Fsp3) is 0.250. The van der Waals surface area contributed by atoms with Crippen molar-refractivity contribution in [3.05, 3.63) is 52.8 Å². The highest BCUT2D eigenvalue weighted by atomic mass is 16.5. The highest BCUT2D eigenvalue weighted by molar-refractivity contribution is 6.07. The quantitative estimate of drug-likeness (QED) is 0.882. The number of hydrogen-bond acceptors (Lipinski definition) is 3. The Bertz CT molecular complexity index is 702. The highest BCUT2D eigenvalue weighted by Crippen LogP contribution is 2.19. The average molecular weight is 286 g/mol. The minimum Gasteiger partial charge on any atom is -0.465 e. The molecule has 0 saturated heterocycles. The monoisotopic (exact) mass is 286 g/mol. The number of aryl methyl sites for hydroxylation is 2. The molecule has 0 saturated carbocycles. The number of esters is 1. The van der Waals surface area contributed by atoms with Gasteiger partial charge >= 0.3 is 5.97 Å². The van der Waals surface area contributed by atoms with Crippen LogP contribution in [0.2, 0.25) is 0 Å². The summed E-state index contributed by atoms with van der Waals surface area (Å²) >= 11 is 0. The summed E-state index contributed by atoms with van der Waals surface area (Å²) < 4.78 is 6.54. The van der Waals surface area contributed by atoms with Gasteiger partial charge in [0.2, 0.25) is 0 Å². The van der Waals surface area contributed by atoms with Crippen LogP contribution in [0.25, 0.3) is 0 Å². The molecule has 0 atom stereocenters. The minimum absolute atomic E-state index is 0.264. The number of rotatable bonds is 3. The first-order valence-corrected chi connectivity index (χ1v) is 6.56. The van der Waals surface area contributed by atoms with Gasteiger partial charge in [-0.2, -0.15) is 0 Å². The van der Waals surface area contributed by atoms with Crippen LogP contribution in [-0.4, -0.2) is 23.6 Å². The van der Waals surface area contributed by atoms with E-state index in [1.165, 1.54) is 7.11 Å². The number of amides is 1. The molecule has 0 fully saturated rings. The Morgan fingerprint density at radius 3 is 2.43 bits per heavy atom. The summed E-state index contributed by atoms with van der Waals surface area (Å²) in [6, 6.07) is 8.84. The molecule has 0 unspecified atom stereocenters. The van der Waals surface area contributed by atoms with Gasteiger partial charge in [-0.1, -0.05) is 11.6 Å². The van der Waals surface area contributed by atoms with E-state index in [1.54, 1.807) is 22.8 Å². The van der Waals surface area contributed by atoms with E-state index >= 15 is 0 Å². The van der Waals surface area contributed by atoms with Gasteiger partial charge in [0.05, 0.1) is 18.4 Å². The van der Waals surface area contributed by atoms with Crippen molar-refractivity contribution in [3.63, 3.8) is 0 Å². The zero-order valence-electron chi connectivity index (χ0n) is 12.6. The second kappa shape index (κ2) is 5.83. The molecule has 2 rings (SSSR count). The predicted molar refractivity (Wildman–Crippen MR) is 80.6 cm³/mol. The Morgan fingerprint density at radius 2 is 1.86 bits per heavy atom. The van der Waals surface area contributed by atoms with E-state index in [4.69, 9.17) is 4.74 Å². The lowest BCUT2D eigenvalue weighted by Crippen LogP contribution is -2.18. The number of hydrogen-bond donors (Lipinski definition) is 1. The molecule has 5 heteroatoms. The number of methoxy groups -OCH3 is 1. The van der Waals surface area contributed by atoms with Gasteiger partial charge in [-0.25, -0.2) is 4.79 Å². The number of benzene rings is 1. The summed E-state index contributed by atoms with van der Waals surface area (Å²) in [5.74, 6) is -0.739. The highest BCUT2D eigenvalue weighted by Gasteiger charge is 2.16. The van der Waals surface area contributed by atoms with Gasteiger partial charge in [-0.3, -0.25) is 4.79 Å². The average Bonchev–Trinajstić information content (AvgIpc) is 2.80. The van der Waals surface area contributed by atoms with Crippen LogP contribution in [0.4, 0.5) is 5.69 Å². The van der Waals surface area contributed by atoms with Crippen molar-refractivity contribution in [3.8, 4) is 0 Å². The zero-order valence-corrected chi connectivity index (χ0v) is 12.6. The van der Waals surface area contributed by atoms with Crippen molar-refractivity contribution in [1.82, 2.24) is 4.57 Å². The normalized spacial score (nSPS) is 10.3. The van der Waals surface area contributed by atoms with E-state index in [1.807, 2.05) is 33.0 Å². The van der Waals surface area contributed by atoms with Crippen LogP contribution in [0.5, 0.6) is 0 Å². The lowest BCUT2D eigenvalue weighted by atomic mass is 10.1. The summed E-state index contributed by atoms with van der Waals surface area (Å²) in [5.41, 5.74) is 3.22. The molecule has 2 aromatic rings. The molecule has 21 heavy (non-hydrogen) atoms. The van der Waals surface area contributed by atoms with Crippen molar-refractivity contribution in [2.45, 2.75) is 13.8 Å². The molecular weight excluding hydrogens is 268 g/mol. The second-order valence-electron chi connectivity index (χ2n) is 4.91. The first-order chi connectivity index (χ1) is 9.93. The third kappa shape index (κ3) is 2.97. The standard InChI is InChI=1S/C16H18N2O3/c1-10-5-7-13(12(9-10)16(20)21-4)17-15(19)14-8-6-11(2)18(14)3/h5-9H,1-4H3,(H,17,19). The van der Waals surface area contributed by atoms with E-state index in [0.29, 0.717) is 16.9 Å². The summed E-state index contributed by atoms with van der Waals surface area (Å²) in [5, 5.41) is 2.76. The van der Waals surface area contributed by atoms with E-state index in [9.17, 15) is 9.59 Å². The maximum atomic E-state index is 12.3. The molecule has 0 aliphatic heterocycles. The molecule has 5 nitrogen and oxygen atoms in total. The SMILES string of the molecule is COC(=O)c1cc(C)ccc1NC(=O)c1ccc(C)n1C. The Kier molecular flexibility index (Phi) is 4.12. The van der Waals surface area contributed by atoms with Crippen molar-refractivity contribution in [1.29, 1.82) is 0 Å². The number of aromatic nitrogens is 1. The molecular formula is C16H18N2O3. The predicted octanol–water partition coefficient (Wildman–Crippen LogP) is 2.68. The maximum absolute atomic E-state index is 12.3. The molecule has 1 amide bonds. The summed E-state index contributed by atoms with van der Waals surface area (Å²) in [7, 11) is 3.14. The van der Waals surface area contributed by atoms with E-state index in [2.05, 4.69) is 5.32 Å². The van der Waals surface area contributed by atoms with Gasteiger partial charge in [0.25, 0.3) is 5.91 Å². The van der Waals surface area contributed by atoms with Crippen LogP contribution in [0, 0.1) is 13.8 Å². The minimum atomic E-state index is -0.475. The third-order valence-electron chi connectivity index (χ3n) is 3.43. The third-order valence-corrected chi connectivity index (χ3v) is 3.43. The molecule has 1 heterocycles. The lowest BCUT2D eigenvalue weighted by Gasteiger charge is -2.11. The Hall–Kier alpha value is -2.56. The first-order valence-electron chi connectivity index (χ1n) is 6.56. The molecule has 1 aromatic heterocycles. The van der Waals surface area contributed by atoms with Crippen LogP contribution in [0.1, 0.15) is 32.1 Å². The topological polar surface area (TPSA) is 60.3 Å². The van der Waals surface area contributed by atoms with E-state index in [0.717, 1.165) is 11.3 Å². The summed E-state index contributed by atoms with van der Waals surface area (Å²) in [6.07, 6.45) is 0. The molecule has 110 valence electrons. The molecule has 0 radical (unpaired) electrons. The van der Waals surface area contributed by atoms with Gasteiger partial charge in [0, 0.05) is 12.7 Å². The number of anilines is 1. The molecule has 1 aromatic carbocycles. The molecule has 0 spiro atoms. The number of nitrogens with one attached hydrogen (secondary N) is 1. The molecule has 1 N–H and O–H groups in total. The second-order valence-corrected chi connectivity index (χ2v) is 4.91. The molecule has 0 bridgehead atoms. The van der Waals surface area contributed by atoms with Crippen molar-refractivity contribution in [2.24, 2.45) is 7.05 Å². The maximum Gasteiger partial charge on any atom is 0.339 e. The van der Waals surface area contributed by atoms with Crippen LogP contribution in [0.15, 0.2) is 30.3 Å². The van der Waals surface area contributed by atoms with Gasteiger partial charge in [0.15, 0.2) is 0 Å². The van der Waals surface area contributed by atoms with Crippen molar-refractivity contribution >= 4 is 17.6 Å². The summed E-state index contributed by atoms with van der Waals surface area (Å²) in [6.45, 7) is 3.79. The Balaban J connectivity index is 2.33. The van der Waals surface area contributed by atoms with Crippen molar-refractivity contribution in [2.75, 3.05) is 12.4 Å². The lowest BCUT2D eigenvalue weighted by molar-refractivity contribution is 0.0602. The van der Waals surface area contributed by atoms with Gasteiger partial charge in [-0.15, -0.1) is 0 Å². The van der Waals surface area contributed by atoms with Crippen LogP contribution in [-0.2, 0) is 11.8 Å². The van der Waals surface area contributed by atoms with E-state index in [-0.39, 0.29) is 5.91 Å². The summed E-state index contributed by atoms with van der Waals surface area (Å²) in [4.78, 5) is 24.1. The smallest absolute Gasteiger partial charge is 0.339 e. The Labute approximate surface area is 123 Å². The van der Waals surface area contributed by atoms with E-state index < -0.39 is 5.97 Å². The van der Waals surface area contributed by atoms with Gasteiger partial charge in [-0.05, 0) is 38.1 Å². The van der Waals surface area contributed by atoms with Gasteiger partial charge in [0.1, 0.15) is 5.69 Å². The number of carbonyl (C=O) groups excluding carboxylic acids is 2. The first kappa shape index (κ1) is 14.8. The van der Waals surface area contributed by atoms with Crippen molar-refractivity contribution < 1.29 is 14.3 Å². The largest absolute Gasteiger partial charge is 0.465 e. The van der Waals surface area contributed by atoms with Crippen LogP contribution < -0.4 is 5.32 Å². The Morgan fingerprint density at radius 1 is 1.14 bits per heavy atom. The fourth-order valence-electron chi connectivity index (χ4n) is 2.07. The molecule has 0 aliphatic carbocycles. The van der Waals surface area contributed by atoms with Gasteiger partial charge < -0.3 is 14.6 Å². The van der Waals surface area contributed by atoms with Crippen LogP contribution in [0.3, 0.4) is 0 Å². The number of nitrogens with zero attached hydrogens (tertiary/aromatic N) is 1. The number of carbonyl (C=O) groups is 2. The number of ether oxygens (including phenoxy) is 1. The molecule has 0 aliphatic rings. The van der Waals surface area contributed by atoms with Crippen LogP contribution >= 0.6 is 0 Å².